The zero-order valence-electron chi connectivity index (χ0n) is 13.1. The Morgan fingerprint density at radius 2 is 2.00 bits per heavy atom. The third kappa shape index (κ3) is 3.24. The number of anilines is 1. The first-order valence-electron chi connectivity index (χ1n) is 8.05. The number of nitrogens with one attached hydrogen (secondary N) is 1. The van der Waals surface area contributed by atoms with E-state index in [2.05, 4.69) is 5.32 Å². The van der Waals surface area contributed by atoms with Gasteiger partial charge in [-0.2, -0.15) is 0 Å². The first kappa shape index (κ1) is 16.8. The summed E-state index contributed by atoms with van der Waals surface area (Å²) in [6, 6.07) is 6.67. The Morgan fingerprint density at radius 1 is 1.25 bits per heavy atom. The van der Waals surface area contributed by atoms with Crippen LogP contribution in [-0.4, -0.2) is 35.5 Å². The van der Waals surface area contributed by atoms with E-state index in [9.17, 15) is 19.5 Å². The minimum absolute atomic E-state index is 0.113. The summed E-state index contributed by atoms with van der Waals surface area (Å²) in [6.45, 7) is 0.263. The summed E-state index contributed by atoms with van der Waals surface area (Å²) in [7, 11) is 0. The van der Waals surface area contributed by atoms with Crippen LogP contribution in [0, 0.1) is 11.8 Å². The number of hydrogen-bond acceptors (Lipinski definition) is 3. The molecule has 1 aliphatic carbocycles. The highest BCUT2D eigenvalue weighted by atomic mass is 35.5. The van der Waals surface area contributed by atoms with Crippen LogP contribution in [0.1, 0.15) is 25.7 Å². The zero-order chi connectivity index (χ0) is 17.3. The van der Waals surface area contributed by atoms with Crippen molar-refractivity contribution in [3.63, 3.8) is 0 Å². The smallest absolute Gasteiger partial charge is 0.308 e. The predicted molar refractivity (Wildman–Crippen MR) is 88.8 cm³/mol. The fourth-order valence-electron chi connectivity index (χ4n) is 3.52. The van der Waals surface area contributed by atoms with Crippen LogP contribution in [-0.2, 0) is 14.4 Å². The van der Waals surface area contributed by atoms with Crippen molar-refractivity contribution >= 4 is 35.1 Å². The largest absolute Gasteiger partial charge is 0.481 e. The van der Waals surface area contributed by atoms with E-state index in [0.29, 0.717) is 23.6 Å². The van der Waals surface area contributed by atoms with Gasteiger partial charge in [-0.15, -0.1) is 0 Å². The number of halogens is 1. The highest BCUT2D eigenvalue weighted by Gasteiger charge is 2.39. The Hall–Kier alpha value is -2.08. The van der Waals surface area contributed by atoms with Crippen LogP contribution in [0.15, 0.2) is 24.3 Å². The molecule has 2 aliphatic rings. The van der Waals surface area contributed by atoms with E-state index in [-0.39, 0.29) is 30.8 Å². The first-order chi connectivity index (χ1) is 11.5. The Bertz CT molecular complexity index is 678. The van der Waals surface area contributed by atoms with E-state index in [1.807, 2.05) is 0 Å². The minimum atomic E-state index is -0.877. The highest BCUT2D eigenvalue weighted by molar-refractivity contribution is 6.33. The van der Waals surface area contributed by atoms with Crippen LogP contribution in [0.2, 0.25) is 5.02 Å². The third-order valence-electron chi connectivity index (χ3n) is 4.80. The lowest BCUT2D eigenvalue weighted by Crippen LogP contribution is -2.43. The highest BCUT2D eigenvalue weighted by Crippen LogP contribution is 2.32. The molecule has 0 radical (unpaired) electrons. The first-order valence-corrected chi connectivity index (χ1v) is 8.43. The molecule has 7 heteroatoms. The summed E-state index contributed by atoms with van der Waals surface area (Å²) >= 11 is 6.13. The molecule has 1 heterocycles. The molecule has 2 N–H and O–H groups in total. The summed E-state index contributed by atoms with van der Waals surface area (Å²) in [5, 5.41) is 12.5. The summed E-state index contributed by atoms with van der Waals surface area (Å²) in [6.07, 6.45) is 2.14. The molecule has 3 rings (SSSR count). The molecule has 1 saturated heterocycles. The van der Waals surface area contributed by atoms with Crippen LogP contribution in [0.3, 0.4) is 0 Å². The fourth-order valence-corrected chi connectivity index (χ4v) is 3.75. The molecule has 1 saturated carbocycles. The van der Waals surface area contributed by atoms with Gasteiger partial charge in [0.05, 0.1) is 22.5 Å². The predicted octanol–water partition coefficient (Wildman–Crippen LogP) is 2.06. The van der Waals surface area contributed by atoms with Crippen molar-refractivity contribution in [1.29, 1.82) is 0 Å². The molecule has 2 fully saturated rings. The standard InChI is InChI=1S/C17H19ClN2O4/c18-12-5-1-2-7-14(12)20-9-10(8-15(20)21)16(22)19-13-6-3-4-11(13)17(23)24/h1-2,5,7,10-11,13H,3-4,6,8-9H2,(H,19,22)(H,23,24)/t10?,11-,13+/m1/s1. The van der Waals surface area contributed by atoms with Crippen molar-refractivity contribution in [2.75, 3.05) is 11.4 Å². The van der Waals surface area contributed by atoms with Crippen LogP contribution >= 0.6 is 11.6 Å². The SMILES string of the molecule is O=C(N[C@H]1CCC[C@H]1C(=O)O)C1CC(=O)N(c2ccccc2Cl)C1. The van der Waals surface area contributed by atoms with Crippen LogP contribution in [0.5, 0.6) is 0 Å². The van der Waals surface area contributed by atoms with Crippen LogP contribution < -0.4 is 10.2 Å². The van der Waals surface area contributed by atoms with E-state index in [0.717, 1.165) is 6.42 Å². The quantitative estimate of drug-likeness (QED) is 0.870. The summed E-state index contributed by atoms with van der Waals surface area (Å²) in [5.41, 5.74) is 0.601. The van der Waals surface area contributed by atoms with Crippen LogP contribution in [0.25, 0.3) is 0 Å². The summed E-state index contributed by atoms with van der Waals surface area (Å²) in [4.78, 5) is 37.4. The number of rotatable bonds is 4. The monoisotopic (exact) mass is 350 g/mol. The number of para-hydroxylation sites is 1. The van der Waals surface area contributed by atoms with Gasteiger partial charge < -0.3 is 15.3 Å². The van der Waals surface area contributed by atoms with E-state index in [1.165, 1.54) is 4.90 Å². The van der Waals surface area contributed by atoms with E-state index in [1.54, 1.807) is 24.3 Å². The Kier molecular flexibility index (Phi) is 4.76. The maximum Gasteiger partial charge on any atom is 0.308 e. The number of benzene rings is 1. The number of carboxylic acid groups (broad SMARTS) is 1. The van der Waals surface area contributed by atoms with Gasteiger partial charge in [0, 0.05) is 19.0 Å². The fraction of sp³-hybridized carbons (Fsp3) is 0.471. The molecule has 6 nitrogen and oxygen atoms in total. The maximum atomic E-state index is 12.5. The number of amides is 2. The number of carbonyl (C=O) groups excluding carboxylic acids is 2. The van der Waals surface area contributed by atoms with Gasteiger partial charge in [-0.3, -0.25) is 14.4 Å². The second kappa shape index (κ2) is 6.81. The van der Waals surface area contributed by atoms with Gasteiger partial charge in [-0.25, -0.2) is 0 Å². The van der Waals surface area contributed by atoms with Gasteiger partial charge in [-0.1, -0.05) is 30.2 Å². The van der Waals surface area contributed by atoms with Crippen molar-refractivity contribution in [2.45, 2.75) is 31.7 Å². The molecule has 3 atom stereocenters. The Balaban J connectivity index is 1.66. The van der Waals surface area contributed by atoms with Crippen LogP contribution in [0.4, 0.5) is 5.69 Å². The minimum Gasteiger partial charge on any atom is -0.481 e. The van der Waals surface area contributed by atoms with Gasteiger partial charge in [0.15, 0.2) is 0 Å². The third-order valence-corrected chi connectivity index (χ3v) is 5.12. The number of carboxylic acids is 1. The molecule has 128 valence electrons. The normalized spacial score (nSPS) is 26.6. The molecule has 1 unspecified atom stereocenters. The van der Waals surface area contributed by atoms with Gasteiger partial charge in [0.2, 0.25) is 11.8 Å². The Labute approximate surface area is 144 Å². The van der Waals surface area contributed by atoms with E-state index in [4.69, 9.17) is 11.6 Å². The molecule has 1 aromatic rings. The second-order valence-corrected chi connectivity index (χ2v) is 6.75. The van der Waals surface area contributed by atoms with E-state index >= 15 is 0 Å². The molecule has 0 spiro atoms. The number of hydrogen-bond donors (Lipinski definition) is 2. The lowest BCUT2D eigenvalue weighted by atomic mass is 10.0. The number of nitrogens with zero attached hydrogens (tertiary/aromatic N) is 1. The molecule has 24 heavy (non-hydrogen) atoms. The topological polar surface area (TPSA) is 86.7 Å². The summed E-state index contributed by atoms with van der Waals surface area (Å²) < 4.78 is 0. The van der Waals surface area contributed by atoms with Gasteiger partial charge in [0.1, 0.15) is 0 Å². The molecule has 1 aromatic carbocycles. The van der Waals surface area contributed by atoms with Crippen molar-refractivity contribution in [1.82, 2.24) is 5.32 Å². The number of aliphatic carboxylic acids is 1. The van der Waals surface area contributed by atoms with Crippen molar-refractivity contribution < 1.29 is 19.5 Å². The van der Waals surface area contributed by atoms with Gasteiger partial charge in [0.25, 0.3) is 0 Å². The average Bonchev–Trinajstić information content (AvgIpc) is 3.14. The van der Waals surface area contributed by atoms with Gasteiger partial charge in [-0.05, 0) is 25.0 Å². The molecular weight excluding hydrogens is 332 g/mol. The molecule has 0 bridgehead atoms. The number of carbonyl (C=O) groups is 3. The Morgan fingerprint density at radius 3 is 2.71 bits per heavy atom. The summed E-state index contributed by atoms with van der Waals surface area (Å²) in [5.74, 6) is -2.30. The van der Waals surface area contributed by atoms with Crippen molar-refractivity contribution in [3.05, 3.63) is 29.3 Å². The lowest BCUT2D eigenvalue weighted by Gasteiger charge is -2.21. The van der Waals surface area contributed by atoms with Crippen molar-refractivity contribution in [3.8, 4) is 0 Å². The van der Waals surface area contributed by atoms with Crippen molar-refractivity contribution in [2.24, 2.45) is 11.8 Å². The average molecular weight is 351 g/mol. The zero-order valence-corrected chi connectivity index (χ0v) is 13.8. The molecule has 0 aromatic heterocycles. The maximum absolute atomic E-state index is 12.5. The van der Waals surface area contributed by atoms with E-state index < -0.39 is 17.8 Å². The molecule has 1 aliphatic heterocycles. The molecule has 2 amide bonds. The van der Waals surface area contributed by atoms with Gasteiger partial charge >= 0.3 is 5.97 Å². The lowest BCUT2D eigenvalue weighted by molar-refractivity contribution is -0.142. The second-order valence-electron chi connectivity index (χ2n) is 6.35. The molecular formula is C17H19ClN2O4.